The SMILES string of the molecule is CC(C)(c1ccc(O)cc1)c1ccc(O)cc1.CCCCCCCCCCCCOP(O)O. The second-order valence-electron chi connectivity index (χ2n) is 8.99. The fourth-order valence-corrected chi connectivity index (χ4v) is 3.95. The number of rotatable bonds is 14. The summed E-state index contributed by atoms with van der Waals surface area (Å²) in [4.78, 5) is 17.0. The van der Waals surface area contributed by atoms with Crippen molar-refractivity contribution in [3.8, 4) is 11.5 Å². The van der Waals surface area contributed by atoms with E-state index in [9.17, 15) is 10.2 Å². The summed E-state index contributed by atoms with van der Waals surface area (Å²) in [6.45, 7) is 6.96. The van der Waals surface area contributed by atoms with Gasteiger partial charge in [-0.3, -0.25) is 0 Å². The van der Waals surface area contributed by atoms with Crippen LogP contribution in [0.5, 0.6) is 11.5 Å². The first-order chi connectivity index (χ1) is 15.8. The zero-order chi connectivity index (χ0) is 24.5. The van der Waals surface area contributed by atoms with Crippen LogP contribution in [0.4, 0.5) is 0 Å². The minimum Gasteiger partial charge on any atom is -0.508 e. The molecule has 0 saturated carbocycles. The van der Waals surface area contributed by atoms with Crippen molar-refractivity contribution in [2.45, 2.75) is 90.4 Å². The van der Waals surface area contributed by atoms with E-state index in [1.165, 1.54) is 51.4 Å². The van der Waals surface area contributed by atoms with Crippen LogP contribution in [0.1, 0.15) is 96.1 Å². The van der Waals surface area contributed by atoms with E-state index < -0.39 is 8.60 Å². The normalized spacial score (nSPS) is 11.3. The van der Waals surface area contributed by atoms with Gasteiger partial charge in [-0.25, -0.2) is 0 Å². The van der Waals surface area contributed by atoms with Gasteiger partial charge in [0.1, 0.15) is 11.5 Å². The van der Waals surface area contributed by atoms with Gasteiger partial charge in [-0.2, -0.15) is 0 Å². The quantitative estimate of drug-likeness (QED) is 0.166. The van der Waals surface area contributed by atoms with Gasteiger partial charge in [0.15, 0.2) is 0 Å². The summed E-state index contributed by atoms with van der Waals surface area (Å²) in [5, 5.41) is 18.6. The molecule has 2 aromatic carbocycles. The molecule has 0 unspecified atom stereocenters. The van der Waals surface area contributed by atoms with Gasteiger partial charge < -0.3 is 24.5 Å². The highest BCUT2D eigenvalue weighted by Gasteiger charge is 2.22. The van der Waals surface area contributed by atoms with Gasteiger partial charge in [-0.1, -0.05) is 103 Å². The third-order valence-electron chi connectivity index (χ3n) is 5.88. The van der Waals surface area contributed by atoms with Crippen molar-refractivity contribution in [1.82, 2.24) is 0 Å². The van der Waals surface area contributed by atoms with Crippen LogP contribution in [-0.4, -0.2) is 26.6 Å². The Morgan fingerprint density at radius 1 is 0.636 bits per heavy atom. The van der Waals surface area contributed by atoms with Gasteiger partial charge >= 0.3 is 8.60 Å². The monoisotopic (exact) mass is 478 g/mol. The molecule has 6 heteroatoms. The van der Waals surface area contributed by atoms with E-state index in [0.717, 1.165) is 24.0 Å². The van der Waals surface area contributed by atoms with Crippen molar-refractivity contribution in [3.05, 3.63) is 59.7 Å². The van der Waals surface area contributed by atoms with Crippen molar-refractivity contribution in [2.75, 3.05) is 6.61 Å². The summed E-state index contributed by atoms with van der Waals surface area (Å²) >= 11 is 0. The highest BCUT2D eigenvalue weighted by molar-refractivity contribution is 7.39. The van der Waals surface area contributed by atoms with Gasteiger partial charge in [-0.05, 0) is 41.8 Å². The molecule has 0 saturated heterocycles. The van der Waals surface area contributed by atoms with Crippen molar-refractivity contribution >= 4 is 8.60 Å². The summed E-state index contributed by atoms with van der Waals surface area (Å²) in [6.07, 6.45) is 12.8. The highest BCUT2D eigenvalue weighted by Crippen LogP contribution is 2.33. The first-order valence-electron chi connectivity index (χ1n) is 12.2. The van der Waals surface area contributed by atoms with Crippen molar-refractivity contribution in [2.24, 2.45) is 0 Å². The molecule has 5 nitrogen and oxygen atoms in total. The molecule has 0 aromatic heterocycles. The number of benzene rings is 2. The average molecular weight is 479 g/mol. The minimum absolute atomic E-state index is 0.151. The molecule has 33 heavy (non-hydrogen) atoms. The summed E-state index contributed by atoms with van der Waals surface area (Å²) in [5.41, 5.74) is 2.10. The number of unbranched alkanes of at least 4 members (excludes halogenated alkanes) is 9. The zero-order valence-corrected chi connectivity index (χ0v) is 21.4. The fraction of sp³-hybridized carbons (Fsp3) is 0.556. The van der Waals surface area contributed by atoms with Crippen LogP contribution in [0.3, 0.4) is 0 Å². The minimum atomic E-state index is -2.14. The number of phenols is 2. The maximum absolute atomic E-state index is 9.30. The molecule has 0 bridgehead atoms. The summed E-state index contributed by atoms with van der Waals surface area (Å²) in [6, 6.07) is 14.4. The Morgan fingerprint density at radius 3 is 1.36 bits per heavy atom. The molecule has 0 aliphatic rings. The van der Waals surface area contributed by atoms with Gasteiger partial charge in [0.2, 0.25) is 0 Å². The maximum atomic E-state index is 9.30. The number of hydrogen-bond acceptors (Lipinski definition) is 5. The number of hydrogen-bond donors (Lipinski definition) is 4. The number of phenolic OH excluding ortho intramolecular Hbond substituents is 2. The average Bonchev–Trinajstić information content (AvgIpc) is 2.78. The molecule has 0 amide bonds. The molecule has 186 valence electrons. The Kier molecular flexibility index (Phi) is 15.0. The molecule has 0 radical (unpaired) electrons. The molecule has 0 fully saturated rings. The predicted octanol–water partition coefficient (Wildman–Crippen LogP) is 7.56. The summed E-state index contributed by atoms with van der Waals surface area (Å²) in [5.74, 6) is 0.547. The number of aromatic hydroxyl groups is 2. The molecule has 0 heterocycles. The van der Waals surface area contributed by atoms with E-state index in [1.54, 1.807) is 24.3 Å². The standard InChI is InChI=1S/C15H16O2.C12H27O3P/c1-15(2,11-3-7-13(16)8-4-11)12-5-9-14(17)10-6-12;1-2-3-4-5-6-7-8-9-10-11-12-15-16(13)14/h3-10,16-17H,1-2H3;13-14H,2-12H2,1H3. The van der Waals surface area contributed by atoms with Crippen LogP contribution in [0.25, 0.3) is 0 Å². The van der Waals surface area contributed by atoms with E-state index in [2.05, 4.69) is 25.3 Å². The van der Waals surface area contributed by atoms with Gasteiger partial charge in [0.05, 0.1) is 6.61 Å². The molecular weight excluding hydrogens is 435 g/mol. The molecule has 0 aliphatic heterocycles. The Bertz CT molecular complexity index is 682. The van der Waals surface area contributed by atoms with Crippen molar-refractivity contribution in [3.63, 3.8) is 0 Å². The van der Waals surface area contributed by atoms with Crippen LogP contribution in [0.15, 0.2) is 48.5 Å². The second kappa shape index (κ2) is 16.9. The van der Waals surface area contributed by atoms with Gasteiger partial charge in [-0.15, -0.1) is 0 Å². The summed E-state index contributed by atoms with van der Waals surface area (Å²) in [7, 11) is -2.14. The maximum Gasteiger partial charge on any atom is 0.327 e. The lowest BCUT2D eigenvalue weighted by atomic mass is 9.78. The van der Waals surface area contributed by atoms with Crippen LogP contribution in [0.2, 0.25) is 0 Å². The lowest BCUT2D eigenvalue weighted by Gasteiger charge is -2.26. The predicted molar refractivity (Wildman–Crippen MR) is 137 cm³/mol. The van der Waals surface area contributed by atoms with Gasteiger partial charge in [0.25, 0.3) is 0 Å². The molecule has 0 spiro atoms. The topological polar surface area (TPSA) is 90.2 Å². The third-order valence-corrected chi connectivity index (χ3v) is 6.30. The molecule has 2 rings (SSSR count). The van der Waals surface area contributed by atoms with Gasteiger partial charge in [0, 0.05) is 5.41 Å². The first kappa shape index (κ1) is 29.4. The lowest BCUT2D eigenvalue weighted by Crippen LogP contribution is -2.18. The van der Waals surface area contributed by atoms with E-state index in [-0.39, 0.29) is 16.9 Å². The molecule has 2 aromatic rings. The van der Waals surface area contributed by atoms with E-state index >= 15 is 0 Å². The molecule has 0 aliphatic carbocycles. The Labute approximate surface area is 201 Å². The summed E-state index contributed by atoms with van der Waals surface area (Å²) < 4.78 is 4.69. The second-order valence-corrected chi connectivity index (χ2v) is 9.75. The molecule has 0 atom stereocenters. The van der Waals surface area contributed by atoms with E-state index in [4.69, 9.17) is 9.79 Å². The zero-order valence-electron chi connectivity index (χ0n) is 20.5. The molecular formula is C27H43O5P. The lowest BCUT2D eigenvalue weighted by molar-refractivity contribution is 0.248. The first-order valence-corrected chi connectivity index (χ1v) is 13.3. The molecule has 4 N–H and O–H groups in total. The van der Waals surface area contributed by atoms with E-state index in [0.29, 0.717) is 6.61 Å². The van der Waals surface area contributed by atoms with Crippen molar-refractivity contribution < 1.29 is 24.5 Å². The largest absolute Gasteiger partial charge is 0.508 e. The van der Waals surface area contributed by atoms with Crippen LogP contribution >= 0.6 is 8.60 Å². The Balaban J connectivity index is 0.000000331. The smallest absolute Gasteiger partial charge is 0.327 e. The Morgan fingerprint density at radius 2 is 1.00 bits per heavy atom. The van der Waals surface area contributed by atoms with Crippen LogP contribution in [-0.2, 0) is 9.94 Å². The van der Waals surface area contributed by atoms with Crippen molar-refractivity contribution in [1.29, 1.82) is 0 Å². The third kappa shape index (κ3) is 13.0. The van der Waals surface area contributed by atoms with Crippen LogP contribution in [0, 0.1) is 0 Å². The van der Waals surface area contributed by atoms with E-state index in [1.807, 2.05) is 24.3 Å². The Hall–Kier alpha value is -1.65. The van der Waals surface area contributed by atoms with Crippen LogP contribution < -0.4 is 0 Å². The highest BCUT2D eigenvalue weighted by atomic mass is 31.2. The fourth-order valence-electron chi connectivity index (χ4n) is 3.66.